The van der Waals surface area contributed by atoms with Crippen molar-refractivity contribution in [3.05, 3.63) is 88.7 Å². The monoisotopic (exact) mass is 497 g/mol. The van der Waals surface area contributed by atoms with Crippen LogP contribution in [-0.4, -0.2) is 50.6 Å². The maximum absolute atomic E-state index is 14.0. The number of nitrogens with zero attached hydrogens (tertiary/aromatic N) is 2. The van der Waals surface area contributed by atoms with Gasteiger partial charge in [-0.2, -0.15) is 0 Å². The molecular weight excluding hydrogens is 469 g/mol. The SMILES string of the molecule is Cc1ccc(S(=O)(=O)Nc2ccc(N3CCN(Cc4ccccc4F)CC3)cc2C(=O)O)cc1C. The zero-order chi connectivity index (χ0) is 25.2. The first-order valence-electron chi connectivity index (χ1n) is 11.3. The normalized spacial score (nSPS) is 14.7. The summed E-state index contributed by atoms with van der Waals surface area (Å²) in [6, 6.07) is 16.2. The molecule has 1 aliphatic heterocycles. The summed E-state index contributed by atoms with van der Waals surface area (Å²) in [4.78, 5) is 16.2. The molecule has 3 aromatic carbocycles. The average molecular weight is 498 g/mol. The summed E-state index contributed by atoms with van der Waals surface area (Å²) >= 11 is 0. The number of hydrogen-bond donors (Lipinski definition) is 2. The highest BCUT2D eigenvalue weighted by Crippen LogP contribution is 2.27. The van der Waals surface area contributed by atoms with E-state index in [1.165, 1.54) is 24.3 Å². The second-order valence-electron chi connectivity index (χ2n) is 8.74. The Kier molecular flexibility index (Phi) is 7.09. The molecule has 0 spiro atoms. The van der Waals surface area contributed by atoms with Crippen LogP contribution in [0.15, 0.2) is 65.6 Å². The smallest absolute Gasteiger partial charge is 0.337 e. The number of aryl methyl sites for hydroxylation is 2. The van der Waals surface area contributed by atoms with Crippen molar-refractivity contribution in [1.29, 1.82) is 0 Å². The first kappa shape index (κ1) is 24.7. The molecule has 7 nitrogen and oxygen atoms in total. The van der Waals surface area contributed by atoms with Crippen LogP contribution >= 0.6 is 0 Å². The largest absolute Gasteiger partial charge is 0.478 e. The number of halogens is 1. The molecule has 3 aromatic rings. The van der Waals surface area contributed by atoms with Gasteiger partial charge in [-0.25, -0.2) is 17.6 Å². The molecule has 0 saturated carbocycles. The second-order valence-corrected chi connectivity index (χ2v) is 10.4. The van der Waals surface area contributed by atoms with Gasteiger partial charge < -0.3 is 10.0 Å². The minimum atomic E-state index is -3.95. The van der Waals surface area contributed by atoms with Crippen molar-refractivity contribution < 1.29 is 22.7 Å². The third kappa shape index (κ3) is 5.63. The summed E-state index contributed by atoms with van der Waals surface area (Å²) in [5.41, 5.74) is 3.03. The number of nitrogens with one attached hydrogen (secondary N) is 1. The van der Waals surface area contributed by atoms with Crippen molar-refractivity contribution in [2.75, 3.05) is 35.8 Å². The number of sulfonamides is 1. The Morgan fingerprint density at radius 2 is 1.69 bits per heavy atom. The zero-order valence-electron chi connectivity index (χ0n) is 19.7. The molecule has 35 heavy (non-hydrogen) atoms. The fourth-order valence-electron chi connectivity index (χ4n) is 4.11. The summed E-state index contributed by atoms with van der Waals surface area (Å²) < 4.78 is 42.2. The molecule has 9 heteroatoms. The number of rotatable bonds is 7. The fraction of sp³-hybridized carbons (Fsp3) is 0.269. The highest BCUT2D eigenvalue weighted by atomic mass is 32.2. The number of hydrogen-bond acceptors (Lipinski definition) is 5. The molecule has 184 valence electrons. The van der Waals surface area contributed by atoms with Gasteiger partial charge >= 0.3 is 5.97 Å². The molecule has 0 bridgehead atoms. The van der Waals surface area contributed by atoms with E-state index in [1.807, 2.05) is 24.8 Å². The average Bonchev–Trinajstić information content (AvgIpc) is 2.82. The van der Waals surface area contributed by atoms with Gasteiger partial charge in [0.1, 0.15) is 5.82 Å². The van der Waals surface area contributed by atoms with Crippen molar-refractivity contribution in [3.8, 4) is 0 Å². The van der Waals surface area contributed by atoms with Gasteiger partial charge in [-0.3, -0.25) is 9.62 Å². The lowest BCUT2D eigenvalue weighted by Gasteiger charge is -2.36. The Labute approximate surface area is 204 Å². The number of anilines is 2. The summed E-state index contributed by atoms with van der Waals surface area (Å²) in [7, 11) is -3.95. The van der Waals surface area contributed by atoms with E-state index in [-0.39, 0.29) is 22.0 Å². The molecular formula is C26H28FN3O4S. The molecule has 0 amide bonds. The third-order valence-corrected chi connectivity index (χ3v) is 7.72. The summed E-state index contributed by atoms with van der Waals surface area (Å²) in [5, 5.41) is 9.77. The van der Waals surface area contributed by atoms with E-state index in [1.54, 1.807) is 30.3 Å². The first-order valence-corrected chi connectivity index (χ1v) is 12.8. The van der Waals surface area contributed by atoms with Crippen molar-refractivity contribution in [2.45, 2.75) is 25.3 Å². The Bertz CT molecular complexity index is 1350. The van der Waals surface area contributed by atoms with Gasteiger partial charge in [-0.15, -0.1) is 0 Å². The second kappa shape index (κ2) is 10.1. The van der Waals surface area contributed by atoms with Crippen LogP contribution in [0.5, 0.6) is 0 Å². The quantitative estimate of drug-likeness (QED) is 0.507. The number of benzene rings is 3. The van der Waals surface area contributed by atoms with Crippen LogP contribution in [0.3, 0.4) is 0 Å². The Morgan fingerprint density at radius 1 is 0.971 bits per heavy atom. The first-order chi connectivity index (χ1) is 16.6. The molecule has 4 rings (SSSR count). The van der Waals surface area contributed by atoms with Crippen molar-refractivity contribution >= 4 is 27.4 Å². The molecule has 0 radical (unpaired) electrons. The van der Waals surface area contributed by atoms with Crippen molar-refractivity contribution in [1.82, 2.24) is 4.90 Å². The predicted octanol–water partition coefficient (Wildman–Crippen LogP) is 4.26. The van der Waals surface area contributed by atoms with Gasteiger partial charge in [-0.1, -0.05) is 24.3 Å². The Morgan fingerprint density at radius 3 is 2.34 bits per heavy atom. The minimum Gasteiger partial charge on any atom is -0.478 e. The van der Waals surface area contributed by atoms with Crippen LogP contribution < -0.4 is 9.62 Å². The maximum Gasteiger partial charge on any atom is 0.337 e. The number of aromatic carboxylic acids is 1. The van der Waals surface area contributed by atoms with Gasteiger partial charge in [-0.05, 0) is 61.4 Å². The molecule has 1 aliphatic rings. The van der Waals surface area contributed by atoms with E-state index in [2.05, 4.69) is 9.62 Å². The van der Waals surface area contributed by atoms with Crippen LogP contribution in [0.2, 0.25) is 0 Å². The molecule has 0 aromatic heterocycles. The summed E-state index contributed by atoms with van der Waals surface area (Å²) in [6.07, 6.45) is 0. The van der Waals surface area contributed by atoms with Gasteiger partial charge in [0.05, 0.1) is 16.1 Å². The van der Waals surface area contributed by atoms with Crippen LogP contribution in [0.1, 0.15) is 27.0 Å². The molecule has 0 unspecified atom stereocenters. The molecule has 0 aliphatic carbocycles. The number of carboxylic acid groups (broad SMARTS) is 1. The lowest BCUT2D eigenvalue weighted by Crippen LogP contribution is -2.46. The number of carboxylic acids is 1. The topological polar surface area (TPSA) is 90.0 Å². The maximum atomic E-state index is 14.0. The number of piperazine rings is 1. The van der Waals surface area contributed by atoms with E-state index in [4.69, 9.17) is 0 Å². The summed E-state index contributed by atoms with van der Waals surface area (Å²) in [5.74, 6) is -1.44. The molecule has 2 N–H and O–H groups in total. The van der Waals surface area contributed by atoms with Gasteiger partial charge in [0.25, 0.3) is 10.0 Å². The van der Waals surface area contributed by atoms with Crippen LogP contribution in [0, 0.1) is 19.7 Å². The molecule has 1 saturated heterocycles. The van der Waals surface area contributed by atoms with Crippen LogP contribution in [0.4, 0.5) is 15.8 Å². The van der Waals surface area contributed by atoms with E-state index in [9.17, 15) is 22.7 Å². The van der Waals surface area contributed by atoms with Crippen molar-refractivity contribution in [2.24, 2.45) is 0 Å². The lowest BCUT2D eigenvalue weighted by atomic mass is 10.1. The fourth-order valence-corrected chi connectivity index (χ4v) is 5.28. The van der Waals surface area contributed by atoms with Crippen LogP contribution in [0.25, 0.3) is 0 Å². The minimum absolute atomic E-state index is 0.0117. The number of carbonyl (C=O) groups is 1. The summed E-state index contributed by atoms with van der Waals surface area (Å²) in [6.45, 7) is 6.89. The third-order valence-electron chi connectivity index (χ3n) is 6.36. The lowest BCUT2D eigenvalue weighted by molar-refractivity contribution is 0.0698. The van der Waals surface area contributed by atoms with Crippen molar-refractivity contribution in [3.63, 3.8) is 0 Å². The zero-order valence-corrected chi connectivity index (χ0v) is 20.5. The standard InChI is InChI=1S/C26H28FN3O4S/c1-18-7-9-22(15-19(18)2)35(33,34)28-25-10-8-21(16-23(25)26(31)32)30-13-11-29(12-14-30)17-20-5-3-4-6-24(20)27/h3-10,15-16,28H,11-14,17H2,1-2H3,(H,31,32). The van der Waals surface area contributed by atoms with E-state index in [0.717, 1.165) is 11.1 Å². The Balaban J connectivity index is 1.48. The molecule has 0 atom stereocenters. The predicted molar refractivity (Wildman–Crippen MR) is 134 cm³/mol. The highest BCUT2D eigenvalue weighted by Gasteiger charge is 2.23. The molecule has 1 heterocycles. The van der Waals surface area contributed by atoms with Gasteiger partial charge in [0.2, 0.25) is 0 Å². The Hall–Kier alpha value is -3.43. The highest BCUT2D eigenvalue weighted by molar-refractivity contribution is 7.92. The van der Waals surface area contributed by atoms with E-state index < -0.39 is 16.0 Å². The molecule has 1 fully saturated rings. The van der Waals surface area contributed by atoms with E-state index >= 15 is 0 Å². The van der Waals surface area contributed by atoms with Crippen LogP contribution in [-0.2, 0) is 16.6 Å². The van der Waals surface area contributed by atoms with Gasteiger partial charge in [0.15, 0.2) is 0 Å². The van der Waals surface area contributed by atoms with Gasteiger partial charge in [0, 0.05) is 44.0 Å². The van der Waals surface area contributed by atoms with E-state index in [0.29, 0.717) is 44.0 Å².